The van der Waals surface area contributed by atoms with E-state index in [-0.39, 0.29) is 15.1 Å². The molecule has 0 radical (unpaired) electrons. The van der Waals surface area contributed by atoms with Crippen LogP contribution in [-0.4, -0.2) is 13.4 Å². The van der Waals surface area contributed by atoms with Crippen molar-refractivity contribution in [1.29, 1.82) is 0 Å². The van der Waals surface area contributed by atoms with Crippen LogP contribution in [0.4, 0.5) is 11.4 Å². The van der Waals surface area contributed by atoms with Crippen molar-refractivity contribution in [3.8, 4) is 0 Å². The lowest BCUT2D eigenvalue weighted by Gasteiger charge is -2.12. The zero-order chi connectivity index (χ0) is 14.9. The van der Waals surface area contributed by atoms with Gasteiger partial charge in [0.15, 0.2) is 0 Å². The molecule has 1 aromatic carbocycles. The number of aromatic nitrogens is 1. The molecule has 3 N–H and O–H groups in total. The van der Waals surface area contributed by atoms with E-state index in [9.17, 15) is 8.42 Å². The number of nitrogens with two attached hydrogens (primary N) is 1. The van der Waals surface area contributed by atoms with Crippen molar-refractivity contribution in [2.24, 2.45) is 0 Å². The van der Waals surface area contributed by atoms with E-state index in [1.54, 1.807) is 6.92 Å². The van der Waals surface area contributed by atoms with Crippen LogP contribution in [0.2, 0.25) is 10.2 Å². The minimum absolute atomic E-state index is 0.0236. The molecular formula is C12H11Cl2N3O2S. The van der Waals surface area contributed by atoms with E-state index in [1.807, 2.05) is 0 Å². The highest BCUT2D eigenvalue weighted by Gasteiger charge is 2.19. The molecule has 0 amide bonds. The van der Waals surface area contributed by atoms with Gasteiger partial charge in [0.1, 0.15) is 5.15 Å². The van der Waals surface area contributed by atoms with Crippen LogP contribution in [0, 0.1) is 6.92 Å². The summed E-state index contributed by atoms with van der Waals surface area (Å²) in [4.78, 5) is 3.80. The lowest BCUT2D eigenvalue weighted by atomic mass is 10.2. The Kier molecular flexibility index (Phi) is 4.08. The lowest BCUT2D eigenvalue weighted by Crippen LogP contribution is -2.15. The second-order valence-electron chi connectivity index (χ2n) is 4.09. The largest absolute Gasteiger partial charge is 0.398 e. The highest BCUT2D eigenvalue weighted by atomic mass is 35.5. The quantitative estimate of drug-likeness (QED) is 0.668. The maximum absolute atomic E-state index is 12.3. The van der Waals surface area contributed by atoms with Crippen molar-refractivity contribution in [3.63, 3.8) is 0 Å². The topological polar surface area (TPSA) is 85.1 Å². The molecule has 0 aliphatic rings. The van der Waals surface area contributed by atoms with Crippen molar-refractivity contribution < 1.29 is 8.42 Å². The molecule has 20 heavy (non-hydrogen) atoms. The first kappa shape index (κ1) is 14.9. The third-order valence-electron chi connectivity index (χ3n) is 2.63. The summed E-state index contributed by atoms with van der Waals surface area (Å²) in [5, 5.41) is 0.439. The maximum Gasteiger partial charge on any atom is 0.262 e. The average Bonchev–Trinajstić information content (AvgIpc) is 2.33. The van der Waals surface area contributed by atoms with Gasteiger partial charge < -0.3 is 5.73 Å². The Morgan fingerprint density at radius 2 is 1.95 bits per heavy atom. The first-order valence-corrected chi connectivity index (χ1v) is 7.73. The Bertz CT molecular complexity index is 763. The lowest BCUT2D eigenvalue weighted by molar-refractivity contribution is 0.600. The molecule has 2 aromatic rings. The molecule has 0 aliphatic carbocycles. The molecule has 8 heteroatoms. The van der Waals surface area contributed by atoms with Crippen LogP contribution in [-0.2, 0) is 10.0 Å². The predicted octanol–water partition coefficient (Wildman–Crippen LogP) is 3.08. The minimum Gasteiger partial charge on any atom is -0.398 e. The molecule has 0 saturated heterocycles. The highest BCUT2D eigenvalue weighted by molar-refractivity contribution is 7.92. The third-order valence-corrected chi connectivity index (χ3v) is 4.57. The number of nitrogen functional groups attached to an aromatic ring is 1. The average molecular weight is 332 g/mol. The molecule has 0 fully saturated rings. The molecule has 2 rings (SSSR count). The number of halogens is 2. The predicted molar refractivity (Wildman–Crippen MR) is 80.7 cm³/mol. The molecule has 0 atom stereocenters. The SMILES string of the molecule is Cc1c(N)cc(Cl)cc1S(=O)(=O)Nc1ccnc(Cl)c1. The summed E-state index contributed by atoms with van der Waals surface area (Å²) < 4.78 is 27.1. The van der Waals surface area contributed by atoms with E-state index >= 15 is 0 Å². The van der Waals surface area contributed by atoms with Gasteiger partial charge in [0.25, 0.3) is 10.0 Å². The first-order chi connectivity index (χ1) is 9.29. The molecule has 1 aromatic heterocycles. The van der Waals surface area contributed by atoms with Crippen LogP contribution < -0.4 is 10.5 Å². The fraction of sp³-hybridized carbons (Fsp3) is 0.0833. The zero-order valence-electron chi connectivity index (χ0n) is 10.4. The second-order valence-corrected chi connectivity index (χ2v) is 6.57. The standard InChI is InChI=1S/C12H11Cl2N3O2S/c1-7-10(15)4-8(13)5-11(7)20(18,19)17-9-2-3-16-12(14)6-9/h2-6H,15H2,1H3,(H,16,17). The molecule has 0 unspecified atom stereocenters. The molecular weight excluding hydrogens is 321 g/mol. The Balaban J connectivity index is 2.46. The summed E-state index contributed by atoms with van der Waals surface area (Å²) in [6.07, 6.45) is 1.40. The number of nitrogens with one attached hydrogen (secondary N) is 1. The van der Waals surface area contributed by atoms with Crippen LogP contribution in [0.3, 0.4) is 0 Å². The highest BCUT2D eigenvalue weighted by Crippen LogP contribution is 2.27. The molecule has 0 spiro atoms. The van der Waals surface area contributed by atoms with Gasteiger partial charge in [-0.05, 0) is 36.8 Å². The Morgan fingerprint density at radius 1 is 1.25 bits per heavy atom. The Hall–Kier alpha value is -1.50. The number of sulfonamides is 1. The van der Waals surface area contributed by atoms with Crippen molar-refractivity contribution in [2.75, 3.05) is 10.5 Å². The second kappa shape index (κ2) is 5.47. The minimum atomic E-state index is -3.81. The number of hydrogen-bond acceptors (Lipinski definition) is 4. The molecule has 0 bridgehead atoms. The van der Waals surface area contributed by atoms with Gasteiger partial charge in [0.05, 0.1) is 10.6 Å². The summed E-state index contributed by atoms with van der Waals surface area (Å²) in [6.45, 7) is 1.61. The van der Waals surface area contributed by atoms with Gasteiger partial charge in [-0.3, -0.25) is 4.72 Å². The van der Waals surface area contributed by atoms with Crippen molar-refractivity contribution in [1.82, 2.24) is 4.98 Å². The number of nitrogens with zero attached hydrogens (tertiary/aromatic N) is 1. The third kappa shape index (κ3) is 3.15. The number of benzene rings is 1. The first-order valence-electron chi connectivity index (χ1n) is 5.49. The van der Waals surface area contributed by atoms with E-state index in [0.717, 1.165) is 0 Å². The summed E-state index contributed by atoms with van der Waals surface area (Å²) in [6, 6.07) is 5.74. The molecule has 0 aliphatic heterocycles. The van der Waals surface area contributed by atoms with Gasteiger partial charge in [-0.1, -0.05) is 23.2 Å². The van der Waals surface area contributed by atoms with Crippen molar-refractivity contribution >= 4 is 44.6 Å². The summed E-state index contributed by atoms with van der Waals surface area (Å²) >= 11 is 11.6. The number of hydrogen-bond donors (Lipinski definition) is 2. The summed E-state index contributed by atoms with van der Waals surface area (Å²) in [5.74, 6) is 0. The van der Waals surface area contributed by atoms with E-state index < -0.39 is 10.0 Å². The van der Waals surface area contributed by atoms with E-state index in [4.69, 9.17) is 28.9 Å². The fourth-order valence-corrected chi connectivity index (χ4v) is 3.44. The van der Waals surface area contributed by atoms with Gasteiger partial charge in [-0.25, -0.2) is 13.4 Å². The van der Waals surface area contributed by atoms with Gasteiger partial charge in [-0.2, -0.15) is 0 Å². The summed E-state index contributed by atoms with van der Waals surface area (Å²) in [7, 11) is -3.81. The zero-order valence-corrected chi connectivity index (χ0v) is 12.7. The van der Waals surface area contributed by atoms with Gasteiger partial charge in [-0.15, -0.1) is 0 Å². The fourth-order valence-electron chi connectivity index (χ4n) is 1.63. The monoisotopic (exact) mass is 331 g/mol. The van der Waals surface area contributed by atoms with Crippen LogP contribution in [0.15, 0.2) is 35.4 Å². The van der Waals surface area contributed by atoms with E-state index in [1.165, 1.54) is 30.5 Å². The Morgan fingerprint density at radius 3 is 2.60 bits per heavy atom. The van der Waals surface area contributed by atoms with Crippen molar-refractivity contribution in [2.45, 2.75) is 11.8 Å². The van der Waals surface area contributed by atoms with E-state index in [0.29, 0.717) is 16.9 Å². The van der Waals surface area contributed by atoms with Gasteiger partial charge >= 0.3 is 0 Å². The van der Waals surface area contributed by atoms with Gasteiger partial charge in [0, 0.05) is 16.9 Å². The maximum atomic E-state index is 12.3. The number of rotatable bonds is 3. The number of pyridine rings is 1. The van der Waals surface area contributed by atoms with E-state index in [2.05, 4.69) is 9.71 Å². The Labute approximate surface area is 126 Å². The molecule has 5 nitrogen and oxygen atoms in total. The van der Waals surface area contributed by atoms with Crippen LogP contribution >= 0.6 is 23.2 Å². The smallest absolute Gasteiger partial charge is 0.262 e. The molecule has 1 heterocycles. The normalized spacial score (nSPS) is 11.3. The van der Waals surface area contributed by atoms with Gasteiger partial charge in [0.2, 0.25) is 0 Å². The number of anilines is 2. The van der Waals surface area contributed by atoms with Crippen LogP contribution in [0.1, 0.15) is 5.56 Å². The molecule has 106 valence electrons. The van der Waals surface area contributed by atoms with Crippen molar-refractivity contribution in [3.05, 3.63) is 46.2 Å². The van der Waals surface area contributed by atoms with Crippen LogP contribution in [0.25, 0.3) is 0 Å². The summed E-state index contributed by atoms with van der Waals surface area (Å²) in [5.41, 5.74) is 6.78. The van der Waals surface area contributed by atoms with Crippen LogP contribution in [0.5, 0.6) is 0 Å². The molecule has 0 saturated carbocycles.